The Morgan fingerprint density at radius 2 is 1.76 bits per heavy atom. The molecular formula is C22H21NO2. The van der Waals surface area contributed by atoms with Crippen LogP contribution in [0.2, 0.25) is 0 Å². The highest BCUT2D eigenvalue weighted by atomic mass is 16.5. The summed E-state index contributed by atoms with van der Waals surface area (Å²) in [7, 11) is 1.68. The third kappa shape index (κ3) is 3.10. The molecule has 126 valence electrons. The molecule has 3 aromatic carbocycles. The largest absolute Gasteiger partial charge is 0.497 e. The van der Waals surface area contributed by atoms with Crippen molar-refractivity contribution < 1.29 is 9.53 Å². The second kappa shape index (κ2) is 6.60. The van der Waals surface area contributed by atoms with Gasteiger partial charge in [-0.2, -0.15) is 0 Å². The smallest absolute Gasteiger partial charge is 0.253 e. The Labute approximate surface area is 147 Å². The van der Waals surface area contributed by atoms with Crippen molar-refractivity contribution in [3.63, 3.8) is 0 Å². The molecule has 0 N–H and O–H groups in total. The molecule has 1 unspecified atom stereocenters. The minimum atomic E-state index is 0.127. The van der Waals surface area contributed by atoms with Crippen LogP contribution in [-0.4, -0.2) is 31.0 Å². The fraction of sp³-hybridized carbons (Fsp3) is 0.227. The third-order valence-corrected chi connectivity index (χ3v) is 5.06. The van der Waals surface area contributed by atoms with Crippen LogP contribution in [-0.2, 0) is 0 Å². The van der Waals surface area contributed by atoms with Crippen LogP contribution in [0, 0.1) is 0 Å². The average Bonchev–Trinajstić information content (AvgIpc) is 3.17. The summed E-state index contributed by atoms with van der Waals surface area (Å²) >= 11 is 0. The quantitative estimate of drug-likeness (QED) is 0.708. The molecule has 0 aromatic heterocycles. The van der Waals surface area contributed by atoms with Gasteiger partial charge in [-0.1, -0.05) is 42.5 Å². The van der Waals surface area contributed by atoms with Crippen molar-refractivity contribution in [2.75, 3.05) is 20.2 Å². The minimum Gasteiger partial charge on any atom is -0.497 e. The van der Waals surface area contributed by atoms with Crippen LogP contribution in [0.3, 0.4) is 0 Å². The Morgan fingerprint density at radius 3 is 2.52 bits per heavy atom. The van der Waals surface area contributed by atoms with Crippen LogP contribution in [0.5, 0.6) is 5.75 Å². The van der Waals surface area contributed by atoms with Gasteiger partial charge in [-0.05, 0) is 47.0 Å². The lowest BCUT2D eigenvalue weighted by molar-refractivity contribution is 0.0791. The molecule has 3 heteroatoms. The van der Waals surface area contributed by atoms with E-state index in [4.69, 9.17) is 4.74 Å². The highest BCUT2D eigenvalue weighted by molar-refractivity contribution is 5.98. The predicted molar refractivity (Wildman–Crippen MR) is 100 cm³/mol. The van der Waals surface area contributed by atoms with E-state index in [9.17, 15) is 4.79 Å². The van der Waals surface area contributed by atoms with Crippen LogP contribution in [0.15, 0.2) is 66.7 Å². The molecule has 3 nitrogen and oxygen atoms in total. The first-order valence-corrected chi connectivity index (χ1v) is 8.66. The number of hydrogen-bond acceptors (Lipinski definition) is 2. The second-order valence-corrected chi connectivity index (χ2v) is 6.57. The fourth-order valence-electron chi connectivity index (χ4n) is 3.60. The summed E-state index contributed by atoms with van der Waals surface area (Å²) in [4.78, 5) is 14.8. The van der Waals surface area contributed by atoms with Crippen LogP contribution in [0.25, 0.3) is 10.8 Å². The third-order valence-electron chi connectivity index (χ3n) is 5.06. The Hall–Kier alpha value is -2.81. The molecule has 0 radical (unpaired) electrons. The minimum absolute atomic E-state index is 0.127. The molecule has 1 heterocycles. The van der Waals surface area contributed by atoms with E-state index in [1.165, 1.54) is 5.56 Å². The number of benzene rings is 3. The van der Waals surface area contributed by atoms with Gasteiger partial charge in [0.1, 0.15) is 5.75 Å². The van der Waals surface area contributed by atoms with E-state index in [2.05, 4.69) is 24.3 Å². The number of likely N-dealkylation sites (tertiary alicyclic amines) is 1. The average molecular weight is 331 g/mol. The summed E-state index contributed by atoms with van der Waals surface area (Å²) in [5, 5.41) is 2.27. The van der Waals surface area contributed by atoms with Gasteiger partial charge in [-0.15, -0.1) is 0 Å². The SMILES string of the molecule is COc1ccc(C2CCN(C(=O)c3ccc4ccccc4c3)C2)cc1. The summed E-state index contributed by atoms with van der Waals surface area (Å²) in [5.41, 5.74) is 2.05. The lowest BCUT2D eigenvalue weighted by atomic mass is 9.98. The van der Waals surface area contributed by atoms with Crippen LogP contribution in [0.4, 0.5) is 0 Å². The van der Waals surface area contributed by atoms with E-state index in [1.54, 1.807) is 7.11 Å². The molecular weight excluding hydrogens is 310 g/mol. The number of methoxy groups -OCH3 is 1. The summed E-state index contributed by atoms with van der Waals surface area (Å²) in [6.07, 6.45) is 1.01. The Kier molecular flexibility index (Phi) is 4.14. The zero-order valence-corrected chi connectivity index (χ0v) is 14.3. The van der Waals surface area contributed by atoms with Crippen molar-refractivity contribution >= 4 is 16.7 Å². The molecule has 25 heavy (non-hydrogen) atoms. The number of nitrogens with zero attached hydrogens (tertiary/aromatic N) is 1. The monoisotopic (exact) mass is 331 g/mol. The van der Waals surface area contributed by atoms with E-state index in [0.717, 1.165) is 41.6 Å². The highest BCUT2D eigenvalue weighted by Gasteiger charge is 2.28. The normalized spacial score (nSPS) is 17.0. The maximum Gasteiger partial charge on any atom is 0.253 e. The number of rotatable bonds is 3. The van der Waals surface area contributed by atoms with Crippen molar-refractivity contribution in [3.8, 4) is 5.75 Å². The van der Waals surface area contributed by atoms with E-state index in [-0.39, 0.29) is 5.91 Å². The number of ether oxygens (including phenoxy) is 1. The molecule has 1 aliphatic heterocycles. The number of fused-ring (bicyclic) bond motifs is 1. The molecule has 0 aliphatic carbocycles. The number of amides is 1. The summed E-state index contributed by atoms with van der Waals surface area (Å²) in [5.74, 6) is 1.39. The van der Waals surface area contributed by atoms with Crippen molar-refractivity contribution in [2.24, 2.45) is 0 Å². The van der Waals surface area contributed by atoms with Crippen molar-refractivity contribution in [2.45, 2.75) is 12.3 Å². The van der Waals surface area contributed by atoms with Gasteiger partial charge in [0.15, 0.2) is 0 Å². The van der Waals surface area contributed by atoms with E-state index < -0.39 is 0 Å². The van der Waals surface area contributed by atoms with E-state index >= 15 is 0 Å². The molecule has 3 aromatic rings. The summed E-state index contributed by atoms with van der Waals surface area (Å²) in [6.45, 7) is 1.58. The Bertz CT molecular complexity index is 901. The first kappa shape index (κ1) is 15.7. The molecule has 0 spiro atoms. The van der Waals surface area contributed by atoms with Crippen molar-refractivity contribution in [1.82, 2.24) is 4.90 Å². The van der Waals surface area contributed by atoms with E-state index in [0.29, 0.717) is 5.92 Å². The zero-order chi connectivity index (χ0) is 17.2. The number of hydrogen-bond donors (Lipinski definition) is 0. The van der Waals surface area contributed by atoms with Crippen molar-refractivity contribution in [3.05, 3.63) is 77.9 Å². The van der Waals surface area contributed by atoms with Crippen LogP contribution >= 0.6 is 0 Å². The summed E-state index contributed by atoms with van der Waals surface area (Å²) < 4.78 is 5.22. The molecule has 1 fully saturated rings. The standard InChI is InChI=1S/C22H21NO2/c1-25-21-10-8-17(9-11-21)20-12-13-23(15-20)22(24)19-7-6-16-4-2-3-5-18(16)14-19/h2-11,14,20H,12-13,15H2,1H3. The molecule has 1 amide bonds. The molecule has 1 aliphatic rings. The first-order chi connectivity index (χ1) is 12.2. The predicted octanol–water partition coefficient (Wildman–Crippen LogP) is 4.48. The van der Waals surface area contributed by atoms with Gasteiger partial charge in [0.25, 0.3) is 5.91 Å². The zero-order valence-electron chi connectivity index (χ0n) is 14.3. The molecule has 1 atom stereocenters. The van der Waals surface area contributed by atoms with Gasteiger partial charge in [0, 0.05) is 24.6 Å². The molecule has 4 rings (SSSR count). The lowest BCUT2D eigenvalue weighted by Crippen LogP contribution is -2.28. The second-order valence-electron chi connectivity index (χ2n) is 6.57. The number of carbonyl (C=O) groups is 1. The van der Waals surface area contributed by atoms with Gasteiger partial charge in [0.2, 0.25) is 0 Å². The highest BCUT2D eigenvalue weighted by Crippen LogP contribution is 2.29. The Morgan fingerprint density at radius 1 is 1.00 bits per heavy atom. The first-order valence-electron chi connectivity index (χ1n) is 8.66. The van der Waals surface area contributed by atoms with Gasteiger partial charge >= 0.3 is 0 Å². The maximum absolute atomic E-state index is 12.9. The molecule has 1 saturated heterocycles. The Balaban J connectivity index is 1.50. The van der Waals surface area contributed by atoms with Crippen LogP contribution in [0.1, 0.15) is 28.3 Å². The maximum atomic E-state index is 12.9. The number of carbonyl (C=O) groups excluding carboxylic acids is 1. The van der Waals surface area contributed by atoms with Gasteiger partial charge in [0.05, 0.1) is 7.11 Å². The van der Waals surface area contributed by atoms with Crippen molar-refractivity contribution in [1.29, 1.82) is 0 Å². The molecule has 0 bridgehead atoms. The lowest BCUT2D eigenvalue weighted by Gasteiger charge is -2.17. The topological polar surface area (TPSA) is 29.5 Å². The van der Waals surface area contributed by atoms with Gasteiger partial charge in [-0.25, -0.2) is 0 Å². The molecule has 0 saturated carbocycles. The van der Waals surface area contributed by atoms with Gasteiger partial charge in [-0.3, -0.25) is 4.79 Å². The van der Waals surface area contributed by atoms with Crippen LogP contribution < -0.4 is 4.74 Å². The summed E-state index contributed by atoms with van der Waals surface area (Å²) in [6, 6.07) is 22.3. The van der Waals surface area contributed by atoms with E-state index in [1.807, 2.05) is 47.4 Å². The van der Waals surface area contributed by atoms with Gasteiger partial charge < -0.3 is 9.64 Å². The fourth-order valence-corrected chi connectivity index (χ4v) is 3.60.